The predicted molar refractivity (Wildman–Crippen MR) is 73.9 cm³/mol. The number of methoxy groups -OCH3 is 1. The van der Waals surface area contributed by atoms with Gasteiger partial charge in [-0.3, -0.25) is 5.43 Å². The zero-order valence-corrected chi connectivity index (χ0v) is 12.2. The number of carbonyl (C=O) groups excluding carboxylic acids is 1. The second kappa shape index (κ2) is 6.43. The summed E-state index contributed by atoms with van der Waals surface area (Å²) in [5.74, 6) is 0.782. The lowest BCUT2D eigenvalue weighted by molar-refractivity contribution is 0.0497. The van der Waals surface area contributed by atoms with E-state index in [1.807, 2.05) is 45.9 Å². The van der Waals surface area contributed by atoms with E-state index in [2.05, 4.69) is 10.9 Å². The Morgan fingerprint density at radius 2 is 2.00 bits per heavy atom. The smallest absolute Gasteiger partial charge is 0.422 e. The molecule has 0 aliphatic heterocycles. The van der Waals surface area contributed by atoms with Crippen LogP contribution in [0.25, 0.3) is 0 Å². The summed E-state index contributed by atoms with van der Waals surface area (Å²) in [5.41, 5.74) is 6.91. The number of benzene rings is 1. The van der Waals surface area contributed by atoms with Crippen molar-refractivity contribution in [1.82, 2.24) is 10.9 Å². The quantitative estimate of drug-likeness (QED) is 0.822. The van der Waals surface area contributed by atoms with Gasteiger partial charge in [-0.25, -0.2) is 10.2 Å². The first-order valence-electron chi connectivity index (χ1n) is 6.17. The molecule has 0 saturated carbocycles. The highest BCUT2D eigenvalue weighted by Gasteiger charge is 2.15. The van der Waals surface area contributed by atoms with Crippen LogP contribution in [0.5, 0.6) is 5.75 Å². The van der Waals surface area contributed by atoms with E-state index in [0.29, 0.717) is 6.54 Å². The number of carbonyl (C=O) groups is 1. The lowest BCUT2D eigenvalue weighted by Gasteiger charge is -2.20. The summed E-state index contributed by atoms with van der Waals surface area (Å²) >= 11 is 0. The molecule has 0 aromatic heterocycles. The van der Waals surface area contributed by atoms with E-state index in [1.165, 1.54) is 0 Å². The molecule has 5 heteroatoms. The molecule has 106 valence electrons. The van der Waals surface area contributed by atoms with Crippen molar-refractivity contribution in [2.24, 2.45) is 0 Å². The maximum Gasteiger partial charge on any atom is 0.422 e. The Labute approximate surface area is 114 Å². The van der Waals surface area contributed by atoms with Crippen LogP contribution in [-0.4, -0.2) is 18.8 Å². The fraction of sp³-hybridized carbons (Fsp3) is 0.500. The van der Waals surface area contributed by atoms with Crippen LogP contribution < -0.4 is 15.6 Å². The van der Waals surface area contributed by atoms with Crippen molar-refractivity contribution < 1.29 is 14.3 Å². The fourth-order valence-corrected chi connectivity index (χ4v) is 1.56. The number of nitrogens with one attached hydrogen (secondary N) is 2. The highest BCUT2D eigenvalue weighted by molar-refractivity contribution is 5.67. The number of ether oxygens (including phenoxy) is 2. The van der Waals surface area contributed by atoms with Crippen LogP contribution in [0.15, 0.2) is 18.2 Å². The molecule has 1 aromatic rings. The molecular formula is C14H22N2O3. The van der Waals surface area contributed by atoms with Gasteiger partial charge in [0.2, 0.25) is 0 Å². The molecular weight excluding hydrogens is 244 g/mol. The molecule has 1 amide bonds. The number of hydrazine groups is 1. The van der Waals surface area contributed by atoms with E-state index in [4.69, 9.17) is 9.47 Å². The Balaban J connectivity index is 2.49. The lowest BCUT2D eigenvalue weighted by atomic mass is 10.1. The largest absolute Gasteiger partial charge is 0.496 e. The van der Waals surface area contributed by atoms with Gasteiger partial charge in [0.25, 0.3) is 0 Å². The van der Waals surface area contributed by atoms with Gasteiger partial charge in [0.05, 0.1) is 7.11 Å². The predicted octanol–water partition coefficient (Wildman–Crippen LogP) is 2.53. The molecule has 1 rings (SSSR count). The minimum absolute atomic E-state index is 0.462. The number of hydrogen-bond acceptors (Lipinski definition) is 4. The van der Waals surface area contributed by atoms with Crippen molar-refractivity contribution in [3.63, 3.8) is 0 Å². The molecule has 0 unspecified atom stereocenters. The molecule has 5 nitrogen and oxygen atoms in total. The summed E-state index contributed by atoms with van der Waals surface area (Å²) in [4.78, 5) is 11.4. The summed E-state index contributed by atoms with van der Waals surface area (Å²) in [6.45, 7) is 7.91. The van der Waals surface area contributed by atoms with Crippen LogP contribution in [-0.2, 0) is 11.3 Å². The van der Waals surface area contributed by atoms with Gasteiger partial charge in [0, 0.05) is 12.1 Å². The minimum atomic E-state index is -0.507. The lowest BCUT2D eigenvalue weighted by Crippen LogP contribution is -2.40. The third-order valence-corrected chi connectivity index (χ3v) is 2.30. The molecule has 1 aromatic carbocycles. The second-order valence-electron chi connectivity index (χ2n) is 5.30. The van der Waals surface area contributed by atoms with Crippen LogP contribution in [0.4, 0.5) is 4.79 Å². The Morgan fingerprint density at radius 3 is 2.58 bits per heavy atom. The van der Waals surface area contributed by atoms with Gasteiger partial charge in [-0.1, -0.05) is 17.7 Å². The van der Waals surface area contributed by atoms with E-state index in [1.54, 1.807) is 7.11 Å². The van der Waals surface area contributed by atoms with Crippen LogP contribution in [0.1, 0.15) is 31.9 Å². The third-order valence-electron chi connectivity index (χ3n) is 2.30. The SMILES string of the molecule is COc1ccc(C)cc1CNNC(=O)OC(C)(C)C. The van der Waals surface area contributed by atoms with E-state index in [9.17, 15) is 4.79 Å². The second-order valence-corrected chi connectivity index (χ2v) is 5.30. The minimum Gasteiger partial charge on any atom is -0.496 e. The Hall–Kier alpha value is -1.75. The van der Waals surface area contributed by atoms with Gasteiger partial charge < -0.3 is 9.47 Å². The van der Waals surface area contributed by atoms with Crippen molar-refractivity contribution in [2.75, 3.05) is 7.11 Å². The number of hydrogen-bond donors (Lipinski definition) is 2. The van der Waals surface area contributed by atoms with E-state index < -0.39 is 11.7 Å². The number of aryl methyl sites for hydroxylation is 1. The zero-order valence-electron chi connectivity index (χ0n) is 12.2. The molecule has 0 radical (unpaired) electrons. The first-order valence-corrected chi connectivity index (χ1v) is 6.17. The summed E-state index contributed by atoms with van der Waals surface area (Å²) in [7, 11) is 1.62. The van der Waals surface area contributed by atoms with Crippen molar-refractivity contribution in [3.05, 3.63) is 29.3 Å². The van der Waals surface area contributed by atoms with E-state index in [-0.39, 0.29) is 0 Å². The molecule has 0 aliphatic rings. The normalized spacial score (nSPS) is 11.0. The number of amides is 1. The first kappa shape index (κ1) is 15.3. The molecule has 0 heterocycles. The van der Waals surface area contributed by atoms with Gasteiger partial charge in [-0.15, -0.1) is 0 Å². The van der Waals surface area contributed by atoms with Crippen LogP contribution in [0.2, 0.25) is 0 Å². The molecule has 0 saturated heterocycles. The molecule has 0 spiro atoms. The highest BCUT2D eigenvalue weighted by atomic mass is 16.6. The Bertz CT molecular complexity index is 439. The van der Waals surface area contributed by atoms with Crippen molar-refractivity contribution in [2.45, 2.75) is 39.8 Å². The van der Waals surface area contributed by atoms with Crippen LogP contribution in [0.3, 0.4) is 0 Å². The summed E-state index contributed by atoms with van der Waals surface area (Å²) in [6.07, 6.45) is -0.501. The molecule has 0 bridgehead atoms. The van der Waals surface area contributed by atoms with Gasteiger partial charge in [-0.05, 0) is 33.8 Å². The van der Waals surface area contributed by atoms with Crippen molar-refractivity contribution >= 4 is 6.09 Å². The average Bonchev–Trinajstić information content (AvgIpc) is 2.27. The molecule has 0 fully saturated rings. The summed E-state index contributed by atoms with van der Waals surface area (Å²) in [6, 6.07) is 5.88. The number of rotatable bonds is 4. The maximum atomic E-state index is 11.4. The monoisotopic (exact) mass is 266 g/mol. The zero-order chi connectivity index (χ0) is 14.5. The summed E-state index contributed by atoms with van der Waals surface area (Å²) < 4.78 is 10.4. The molecule has 0 atom stereocenters. The van der Waals surface area contributed by atoms with Gasteiger partial charge in [0.1, 0.15) is 11.4 Å². The van der Waals surface area contributed by atoms with Gasteiger partial charge in [-0.2, -0.15) is 0 Å². The van der Waals surface area contributed by atoms with Gasteiger partial charge in [0.15, 0.2) is 0 Å². The van der Waals surface area contributed by atoms with Crippen LogP contribution in [0, 0.1) is 6.92 Å². The van der Waals surface area contributed by atoms with Crippen molar-refractivity contribution in [3.8, 4) is 5.75 Å². The Morgan fingerprint density at radius 1 is 1.32 bits per heavy atom. The van der Waals surface area contributed by atoms with Crippen LogP contribution >= 0.6 is 0 Å². The average molecular weight is 266 g/mol. The molecule has 19 heavy (non-hydrogen) atoms. The summed E-state index contributed by atoms with van der Waals surface area (Å²) in [5, 5.41) is 0. The third kappa shape index (κ3) is 5.61. The highest BCUT2D eigenvalue weighted by Crippen LogP contribution is 2.19. The maximum absolute atomic E-state index is 11.4. The van der Waals surface area contributed by atoms with E-state index in [0.717, 1.165) is 16.9 Å². The topological polar surface area (TPSA) is 59.6 Å². The van der Waals surface area contributed by atoms with Crippen molar-refractivity contribution in [1.29, 1.82) is 0 Å². The fourth-order valence-electron chi connectivity index (χ4n) is 1.56. The van der Waals surface area contributed by atoms with Gasteiger partial charge >= 0.3 is 6.09 Å². The first-order chi connectivity index (χ1) is 8.81. The molecule has 0 aliphatic carbocycles. The molecule has 2 N–H and O–H groups in total. The Kier molecular flexibility index (Phi) is 5.18. The standard InChI is InChI=1S/C14H22N2O3/c1-10-6-7-12(18-5)11(8-10)9-15-16-13(17)19-14(2,3)4/h6-8,15H,9H2,1-5H3,(H,16,17). The van der Waals surface area contributed by atoms with E-state index >= 15 is 0 Å².